The van der Waals surface area contributed by atoms with Crippen LogP contribution in [0.25, 0.3) is 0 Å². The molecule has 158 valence electrons. The number of rotatable bonds is 6. The lowest BCUT2D eigenvalue weighted by Crippen LogP contribution is -2.58. The van der Waals surface area contributed by atoms with Crippen molar-refractivity contribution in [1.29, 1.82) is 0 Å². The summed E-state index contributed by atoms with van der Waals surface area (Å²) in [5, 5.41) is 4.26. The fourth-order valence-electron chi connectivity index (χ4n) is 4.51. The molecule has 1 saturated carbocycles. The molecule has 8 nitrogen and oxygen atoms in total. The number of hydrogen-bond donors (Lipinski definition) is 1. The Balaban J connectivity index is 1.56. The average molecular weight is 413 g/mol. The number of nitrogens with zero attached hydrogens (tertiary/aromatic N) is 3. The highest BCUT2D eigenvalue weighted by atomic mass is 32.2. The third-order valence-corrected chi connectivity index (χ3v) is 6.65. The van der Waals surface area contributed by atoms with Crippen molar-refractivity contribution in [3.8, 4) is 0 Å². The van der Waals surface area contributed by atoms with Crippen LogP contribution in [0.15, 0.2) is 12.4 Å². The number of ether oxygens (including phenoxy) is 1. The molecule has 2 heterocycles. The Hall–Kier alpha value is -1.45. The highest BCUT2D eigenvalue weighted by Gasteiger charge is 2.35. The highest BCUT2D eigenvalue weighted by molar-refractivity contribution is 7.88. The summed E-state index contributed by atoms with van der Waals surface area (Å²) in [4.78, 5) is 13.8. The molecule has 0 bridgehead atoms. The van der Waals surface area contributed by atoms with Gasteiger partial charge in [-0.15, -0.1) is 0 Å². The van der Waals surface area contributed by atoms with E-state index in [-0.39, 0.29) is 24.1 Å². The summed E-state index contributed by atoms with van der Waals surface area (Å²) in [5.41, 5.74) is 1.29. The van der Waals surface area contributed by atoms with Gasteiger partial charge in [0.2, 0.25) is 15.9 Å². The van der Waals surface area contributed by atoms with E-state index in [0.717, 1.165) is 44.8 Å². The number of carbonyl (C=O) groups excluding carboxylic acids is 1. The third-order valence-electron chi connectivity index (χ3n) is 5.92. The molecule has 1 aliphatic carbocycles. The Morgan fingerprint density at radius 2 is 2.00 bits per heavy atom. The van der Waals surface area contributed by atoms with Crippen LogP contribution >= 0.6 is 0 Å². The zero-order valence-corrected chi connectivity index (χ0v) is 17.8. The van der Waals surface area contributed by atoms with Crippen LogP contribution in [0.4, 0.5) is 0 Å². The summed E-state index contributed by atoms with van der Waals surface area (Å²) in [7, 11) is -1.40. The van der Waals surface area contributed by atoms with Gasteiger partial charge in [-0.2, -0.15) is 5.10 Å². The van der Waals surface area contributed by atoms with Crippen LogP contribution in [0.2, 0.25) is 0 Å². The number of nitrogens with one attached hydrogen (secondary N) is 1. The van der Waals surface area contributed by atoms with Crippen molar-refractivity contribution in [2.75, 3.05) is 19.4 Å². The fourth-order valence-corrected chi connectivity index (χ4v) is 5.34. The van der Waals surface area contributed by atoms with Crippen LogP contribution in [0.3, 0.4) is 0 Å². The van der Waals surface area contributed by atoms with Crippen molar-refractivity contribution in [2.24, 2.45) is 7.05 Å². The largest absolute Gasteiger partial charge is 0.376 e. The minimum Gasteiger partial charge on any atom is -0.376 e. The molecule has 1 N–H and O–H groups in total. The normalized spacial score (nSPS) is 29.0. The predicted octanol–water partition coefficient (Wildman–Crippen LogP) is 1.39. The van der Waals surface area contributed by atoms with E-state index in [1.165, 1.54) is 12.5 Å². The van der Waals surface area contributed by atoms with E-state index in [0.29, 0.717) is 19.1 Å². The van der Waals surface area contributed by atoms with Gasteiger partial charge in [-0.05, 0) is 50.0 Å². The number of sulfonamides is 1. The Morgan fingerprint density at radius 1 is 1.29 bits per heavy atom. The van der Waals surface area contributed by atoms with E-state index in [4.69, 9.17) is 4.74 Å². The lowest BCUT2D eigenvalue weighted by atomic mass is 9.84. The Bertz CT molecular complexity index is 771. The molecule has 0 spiro atoms. The van der Waals surface area contributed by atoms with Gasteiger partial charge in [0, 0.05) is 32.8 Å². The smallest absolute Gasteiger partial charge is 0.219 e. The first kappa shape index (κ1) is 21.3. The number of likely N-dealkylation sites (tertiary alicyclic amines) is 1. The van der Waals surface area contributed by atoms with E-state index in [2.05, 4.69) is 16.0 Å². The average Bonchev–Trinajstić information content (AvgIpc) is 3.06. The van der Waals surface area contributed by atoms with Crippen LogP contribution in [-0.4, -0.2) is 66.6 Å². The monoisotopic (exact) mass is 412 g/mol. The number of piperidine rings is 1. The maximum Gasteiger partial charge on any atom is 0.219 e. The molecular weight excluding hydrogens is 380 g/mol. The van der Waals surface area contributed by atoms with Crippen LogP contribution in [0, 0.1) is 0 Å². The number of aromatic nitrogens is 2. The van der Waals surface area contributed by atoms with Gasteiger partial charge in [0.05, 0.1) is 31.2 Å². The molecular formula is C19H32N4O4S. The van der Waals surface area contributed by atoms with Crippen LogP contribution in [0.1, 0.15) is 56.9 Å². The molecule has 0 aromatic carbocycles. The van der Waals surface area contributed by atoms with Gasteiger partial charge in [0.15, 0.2) is 0 Å². The molecule has 1 amide bonds. The second kappa shape index (κ2) is 8.92. The van der Waals surface area contributed by atoms with Gasteiger partial charge in [0.1, 0.15) is 0 Å². The minimum absolute atomic E-state index is 0.0334. The molecule has 0 radical (unpaired) electrons. The molecule has 2 atom stereocenters. The lowest BCUT2D eigenvalue weighted by Gasteiger charge is -2.41. The minimum atomic E-state index is -3.34. The van der Waals surface area contributed by atoms with Crippen molar-refractivity contribution < 1.29 is 17.9 Å². The predicted molar refractivity (Wildman–Crippen MR) is 106 cm³/mol. The van der Waals surface area contributed by atoms with Crippen molar-refractivity contribution in [2.45, 2.75) is 69.6 Å². The molecule has 2 fully saturated rings. The summed E-state index contributed by atoms with van der Waals surface area (Å²) < 4.78 is 34.2. The maximum absolute atomic E-state index is 12.1. The highest BCUT2D eigenvalue weighted by Crippen LogP contribution is 2.34. The summed E-state index contributed by atoms with van der Waals surface area (Å²) in [5.74, 6) is 0.491. The molecule has 0 unspecified atom stereocenters. The zero-order valence-electron chi connectivity index (χ0n) is 17.0. The molecule has 2 aliphatic rings. The molecule has 1 saturated heterocycles. The molecule has 1 aromatic heterocycles. The standard InChI is InChI=1S/C19H32N4O4S/c1-14(24)23-10-4-5-18(21-28(3,25)26)19(23)13-27-17-8-6-15(7-9-17)16-11-20-22(2)12-16/h11-12,15,17-19,21H,4-10,13H2,1-3H3/t15?,17?,18-,19-/m0/s1. The van der Waals surface area contributed by atoms with E-state index < -0.39 is 10.0 Å². The van der Waals surface area contributed by atoms with Gasteiger partial charge in [-0.25, -0.2) is 13.1 Å². The first-order chi connectivity index (χ1) is 13.2. The van der Waals surface area contributed by atoms with Gasteiger partial charge in [-0.1, -0.05) is 0 Å². The Morgan fingerprint density at radius 3 is 2.57 bits per heavy atom. The maximum atomic E-state index is 12.1. The number of aryl methyl sites for hydroxylation is 1. The lowest BCUT2D eigenvalue weighted by molar-refractivity contribution is -0.136. The topological polar surface area (TPSA) is 93.5 Å². The summed E-state index contributed by atoms with van der Waals surface area (Å²) >= 11 is 0. The Labute approximate surface area is 167 Å². The van der Waals surface area contributed by atoms with E-state index in [1.807, 2.05) is 17.9 Å². The van der Waals surface area contributed by atoms with Crippen molar-refractivity contribution in [3.05, 3.63) is 18.0 Å². The first-order valence-electron chi connectivity index (χ1n) is 10.1. The zero-order chi connectivity index (χ0) is 20.3. The van der Waals surface area contributed by atoms with Crippen molar-refractivity contribution in [3.63, 3.8) is 0 Å². The number of amides is 1. The van der Waals surface area contributed by atoms with Crippen LogP contribution in [-0.2, 0) is 26.6 Å². The molecule has 1 aliphatic heterocycles. The summed E-state index contributed by atoms with van der Waals surface area (Å²) in [6.45, 7) is 2.56. The molecule has 9 heteroatoms. The molecule has 28 heavy (non-hydrogen) atoms. The van der Waals surface area contributed by atoms with Gasteiger partial charge in [-0.3, -0.25) is 9.48 Å². The van der Waals surface area contributed by atoms with Crippen molar-refractivity contribution >= 4 is 15.9 Å². The SMILES string of the molecule is CC(=O)N1CCC[C@H](NS(C)(=O)=O)[C@@H]1COC1CCC(c2cnn(C)c2)CC1. The van der Waals surface area contributed by atoms with Crippen LogP contribution < -0.4 is 4.72 Å². The second-order valence-electron chi connectivity index (χ2n) is 8.17. The number of hydrogen-bond acceptors (Lipinski definition) is 5. The molecule has 1 aromatic rings. The summed E-state index contributed by atoms with van der Waals surface area (Å²) in [6.07, 6.45) is 10.9. The van der Waals surface area contributed by atoms with Gasteiger partial charge in [0.25, 0.3) is 0 Å². The van der Waals surface area contributed by atoms with Crippen LogP contribution in [0.5, 0.6) is 0 Å². The Kier molecular flexibility index (Phi) is 6.77. The molecule has 3 rings (SSSR count). The van der Waals surface area contributed by atoms with E-state index >= 15 is 0 Å². The van der Waals surface area contributed by atoms with Gasteiger partial charge < -0.3 is 9.64 Å². The fraction of sp³-hybridized carbons (Fsp3) is 0.789. The quantitative estimate of drug-likeness (QED) is 0.762. The first-order valence-corrected chi connectivity index (χ1v) is 12.0. The number of carbonyl (C=O) groups is 1. The second-order valence-corrected chi connectivity index (χ2v) is 9.95. The van der Waals surface area contributed by atoms with Gasteiger partial charge >= 0.3 is 0 Å². The third kappa shape index (κ3) is 5.55. The van der Waals surface area contributed by atoms with E-state index in [9.17, 15) is 13.2 Å². The summed E-state index contributed by atoms with van der Waals surface area (Å²) in [6, 6.07) is -0.545. The van der Waals surface area contributed by atoms with E-state index in [1.54, 1.807) is 4.90 Å². The van der Waals surface area contributed by atoms with Crippen molar-refractivity contribution in [1.82, 2.24) is 19.4 Å².